The van der Waals surface area contributed by atoms with Crippen molar-refractivity contribution in [2.45, 2.75) is 26.7 Å². The predicted molar refractivity (Wildman–Crippen MR) is 118 cm³/mol. The minimum Gasteiger partial charge on any atom is -0.469 e. The van der Waals surface area contributed by atoms with E-state index in [2.05, 4.69) is 5.32 Å². The first-order valence-electron chi connectivity index (χ1n) is 9.51. The summed E-state index contributed by atoms with van der Waals surface area (Å²) in [4.78, 5) is 20.9. The Balaban J connectivity index is 0.00000364. The van der Waals surface area contributed by atoms with Crippen LogP contribution in [0.2, 0.25) is 0 Å². The number of furan rings is 1. The van der Waals surface area contributed by atoms with Gasteiger partial charge in [0.25, 0.3) is 0 Å². The highest BCUT2D eigenvalue weighted by Gasteiger charge is 2.18. The Labute approximate surface area is 179 Å². The molecule has 154 valence electrons. The lowest BCUT2D eigenvalue weighted by Crippen LogP contribution is -2.46. The van der Waals surface area contributed by atoms with Gasteiger partial charge in [0, 0.05) is 52.2 Å². The molecule has 1 atom stereocenters. The molecule has 1 aromatic heterocycles. The van der Waals surface area contributed by atoms with E-state index in [1.165, 1.54) is 0 Å². The Kier molecular flexibility index (Phi) is 11.4. The normalized spacial score (nSPS) is 16.7. The molecular weight excluding hydrogens is 459 g/mol. The van der Waals surface area contributed by atoms with E-state index >= 15 is 0 Å². The molecule has 0 saturated carbocycles. The zero-order chi connectivity index (χ0) is 18.8. The van der Waals surface area contributed by atoms with Gasteiger partial charge >= 0.3 is 0 Å². The second-order valence-electron chi connectivity index (χ2n) is 6.57. The lowest BCUT2D eigenvalue weighted by molar-refractivity contribution is -0.131. The average Bonchev–Trinajstić information content (AvgIpc) is 3.32. The van der Waals surface area contributed by atoms with E-state index in [9.17, 15) is 4.79 Å². The Bertz CT molecular complexity index is 555. The van der Waals surface area contributed by atoms with E-state index in [1.807, 2.05) is 42.8 Å². The minimum atomic E-state index is 0. The molecule has 0 aromatic carbocycles. The number of likely N-dealkylation sites (N-methyl/N-ethyl adjacent to an activating group) is 2. The van der Waals surface area contributed by atoms with Gasteiger partial charge in [-0.15, -0.1) is 24.0 Å². The summed E-state index contributed by atoms with van der Waals surface area (Å²) < 4.78 is 10.8. The van der Waals surface area contributed by atoms with Crippen LogP contribution in [-0.4, -0.2) is 74.7 Å². The zero-order valence-electron chi connectivity index (χ0n) is 16.6. The van der Waals surface area contributed by atoms with Gasteiger partial charge in [-0.25, -0.2) is 0 Å². The minimum absolute atomic E-state index is 0. The third-order valence-electron chi connectivity index (χ3n) is 4.61. The Hall–Kier alpha value is -1.29. The van der Waals surface area contributed by atoms with Crippen LogP contribution >= 0.6 is 24.0 Å². The Morgan fingerprint density at radius 3 is 2.74 bits per heavy atom. The van der Waals surface area contributed by atoms with Crippen LogP contribution in [-0.2, 0) is 16.0 Å². The number of hydrogen-bond acceptors (Lipinski definition) is 4. The van der Waals surface area contributed by atoms with Crippen LogP contribution in [0.15, 0.2) is 27.8 Å². The van der Waals surface area contributed by atoms with Crippen LogP contribution in [0, 0.1) is 5.92 Å². The van der Waals surface area contributed by atoms with Crippen LogP contribution in [0.1, 0.15) is 26.0 Å². The zero-order valence-corrected chi connectivity index (χ0v) is 19.0. The smallest absolute Gasteiger partial charge is 0.242 e. The van der Waals surface area contributed by atoms with Crippen molar-refractivity contribution in [3.05, 3.63) is 24.2 Å². The molecule has 1 N–H and O–H groups in total. The number of nitrogens with one attached hydrogen (secondary N) is 1. The first-order valence-corrected chi connectivity index (χ1v) is 9.51. The number of ether oxygens (including phenoxy) is 1. The van der Waals surface area contributed by atoms with Crippen LogP contribution in [0.3, 0.4) is 0 Å². The molecule has 0 aliphatic carbocycles. The maximum atomic E-state index is 12.4. The number of halogens is 1. The molecule has 2 heterocycles. The van der Waals surface area contributed by atoms with Crippen molar-refractivity contribution in [3.8, 4) is 0 Å². The number of amides is 1. The van der Waals surface area contributed by atoms with Crippen LogP contribution < -0.4 is 5.32 Å². The largest absolute Gasteiger partial charge is 0.469 e. The summed E-state index contributed by atoms with van der Waals surface area (Å²) in [6.07, 6.45) is 3.50. The average molecular weight is 492 g/mol. The summed E-state index contributed by atoms with van der Waals surface area (Å²) in [7, 11) is 1.91. The lowest BCUT2D eigenvalue weighted by atomic mass is 10.1. The van der Waals surface area contributed by atoms with Crippen molar-refractivity contribution in [3.63, 3.8) is 0 Å². The van der Waals surface area contributed by atoms with Crippen molar-refractivity contribution in [1.82, 2.24) is 15.1 Å². The number of guanidine groups is 1. The van der Waals surface area contributed by atoms with Crippen LogP contribution in [0.5, 0.6) is 0 Å². The maximum absolute atomic E-state index is 12.4. The first kappa shape index (κ1) is 23.7. The third kappa shape index (κ3) is 8.08. The van der Waals surface area contributed by atoms with Crippen molar-refractivity contribution in [2.24, 2.45) is 10.9 Å². The van der Waals surface area contributed by atoms with E-state index < -0.39 is 0 Å². The topological polar surface area (TPSA) is 70.3 Å². The van der Waals surface area contributed by atoms with Crippen molar-refractivity contribution < 1.29 is 13.9 Å². The molecule has 1 aliphatic rings. The molecule has 0 bridgehead atoms. The molecule has 8 heteroatoms. The molecule has 1 amide bonds. The van der Waals surface area contributed by atoms with E-state index in [0.29, 0.717) is 25.6 Å². The van der Waals surface area contributed by atoms with Gasteiger partial charge in [0.2, 0.25) is 5.91 Å². The second-order valence-corrected chi connectivity index (χ2v) is 6.57. The predicted octanol–water partition coefficient (Wildman–Crippen LogP) is 2.22. The maximum Gasteiger partial charge on any atom is 0.242 e. The number of carbonyl (C=O) groups excluding carboxylic acids is 1. The lowest BCUT2D eigenvalue weighted by Gasteiger charge is -2.26. The van der Waals surface area contributed by atoms with Crippen molar-refractivity contribution in [1.29, 1.82) is 0 Å². The van der Waals surface area contributed by atoms with Crippen molar-refractivity contribution >= 4 is 35.8 Å². The van der Waals surface area contributed by atoms with Gasteiger partial charge in [0.15, 0.2) is 5.96 Å². The van der Waals surface area contributed by atoms with Gasteiger partial charge < -0.3 is 24.3 Å². The van der Waals surface area contributed by atoms with Gasteiger partial charge in [-0.1, -0.05) is 0 Å². The molecule has 1 saturated heterocycles. The molecule has 1 unspecified atom stereocenters. The van der Waals surface area contributed by atoms with Crippen LogP contribution in [0.4, 0.5) is 0 Å². The highest BCUT2D eigenvalue weighted by molar-refractivity contribution is 14.0. The van der Waals surface area contributed by atoms with E-state index in [-0.39, 0.29) is 29.9 Å². The number of hydrogen-bond donors (Lipinski definition) is 1. The fourth-order valence-corrected chi connectivity index (χ4v) is 2.96. The summed E-state index contributed by atoms with van der Waals surface area (Å²) >= 11 is 0. The molecule has 0 spiro atoms. The molecule has 7 nitrogen and oxygen atoms in total. The standard InChI is InChI=1S/C19H32N4O3.HI/c1-4-23(5-2)18(24)14-22(3)19(21-13-16-9-12-25-15-16)20-10-8-17-7-6-11-26-17;/h6-7,11,16H,4-5,8-10,12-15H2,1-3H3,(H,20,21);1H. The number of rotatable bonds is 9. The molecule has 27 heavy (non-hydrogen) atoms. The Morgan fingerprint density at radius 2 is 2.15 bits per heavy atom. The third-order valence-corrected chi connectivity index (χ3v) is 4.61. The molecule has 2 rings (SSSR count). The van der Waals surface area contributed by atoms with Gasteiger partial charge in [-0.05, 0) is 32.4 Å². The summed E-state index contributed by atoms with van der Waals surface area (Å²) in [5, 5.41) is 3.37. The monoisotopic (exact) mass is 492 g/mol. The first-order chi connectivity index (χ1) is 12.6. The fourth-order valence-electron chi connectivity index (χ4n) is 2.96. The van der Waals surface area contributed by atoms with Gasteiger partial charge in [-0.3, -0.25) is 9.79 Å². The summed E-state index contributed by atoms with van der Waals surface area (Å²) in [5.41, 5.74) is 0. The molecule has 1 aliphatic heterocycles. The van der Waals surface area contributed by atoms with Gasteiger partial charge in [0.1, 0.15) is 5.76 Å². The SMILES string of the molecule is CCN(CC)C(=O)CN(C)C(=NCC1CCOC1)NCCc1ccco1.I. The fraction of sp³-hybridized carbons (Fsp3) is 0.684. The highest BCUT2D eigenvalue weighted by atomic mass is 127. The van der Waals surface area contributed by atoms with Crippen molar-refractivity contribution in [2.75, 3.05) is 53.0 Å². The summed E-state index contributed by atoms with van der Waals surface area (Å²) in [6, 6.07) is 3.85. The second kappa shape index (κ2) is 13.0. The van der Waals surface area contributed by atoms with E-state index in [0.717, 1.165) is 50.9 Å². The molecule has 1 aromatic rings. The molecule has 1 fully saturated rings. The summed E-state index contributed by atoms with van der Waals surface area (Å²) in [6.45, 7) is 8.76. The number of carbonyl (C=O) groups is 1. The molecule has 0 radical (unpaired) electrons. The van der Waals surface area contributed by atoms with Gasteiger partial charge in [0.05, 0.1) is 19.4 Å². The van der Waals surface area contributed by atoms with E-state index in [4.69, 9.17) is 14.1 Å². The number of aliphatic imine (C=N–C) groups is 1. The van der Waals surface area contributed by atoms with Gasteiger partial charge in [-0.2, -0.15) is 0 Å². The highest BCUT2D eigenvalue weighted by Crippen LogP contribution is 2.12. The van der Waals surface area contributed by atoms with Crippen LogP contribution in [0.25, 0.3) is 0 Å². The number of nitrogens with zero attached hydrogens (tertiary/aromatic N) is 3. The molecular formula is C19H33IN4O3. The quantitative estimate of drug-likeness (QED) is 0.325. The summed E-state index contributed by atoms with van der Waals surface area (Å²) in [5.74, 6) is 2.26. The Morgan fingerprint density at radius 1 is 1.37 bits per heavy atom. The van der Waals surface area contributed by atoms with E-state index in [1.54, 1.807) is 6.26 Å².